The quantitative estimate of drug-likeness (QED) is 0.782. The number of halogens is 1. The van der Waals surface area contributed by atoms with Gasteiger partial charge in [-0.2, -0.15) is 0 Å². The third kappa shape index (κ3) is 2.98. The minimum absolute atomic E-state index is 0.348. The van der Waals surface area contributed by atoms with E-state index in [0.717, 1.165) is 41.2 Å². The largest absolute Gasteiger partial charge is 0.349 e. The molecule has 0 atom stereocenters. The molecule has 1 aromatic rings. The summed E-state index contributed by atoms with van der Waals surface area (Å²) in [4.78, 5) is 2.17. The summed E-state index contributed by atoms with van der Waals surface area (Å²) in [7, 11) is 0. The first-order chi connectivity index (χ1) is 9.69. The van der Waals surface area contributed by atoms with E-state index in [4.69, 9.17) is 21.7 Å². The van der Waals surface area contributed by atoms with Crippen molar-refractivity contribution < 1.29 is 9.47 Å². The Morgan fingerprint density at radius 3 is 2.50 bits per heavy atom. The molecule has 1 N–H and O–H groups in total. The molecule has 108 valence electrons. The Kier molecular flexibility index (Phi) is 4.26. The average molecular weight is 357 g/mol. The van der Waals surface area contributed by atoms with E-state index in [1.54, 1.807) is 0 Å². The van der Waals surface area contributed by atoms with Crippen molar-refractivity contribution in [2.45, 2.75) is 18.6 Å². The van der Waals surface area contributed by atoms with Crippen LogP contribution in [-0.4, -0.2) is 42.1 Å². The second kappa shape index (κ2) is 5.97. The number of ether oxygens (including phenoxy) is 2. The summed E-state index contributed by atoms with van der Waals surface area (Å²) in [6.45, 7) is 3.13. The van der Waals surface area contributed by atoms with Crippen molar-refractivity contribution in [3.8, 4) is 0 Å². The number of piperidine rings is 1. The number of anilines is 1. The van der Waals surface area contributed by atoms with Crippen LogP contribution in [0.1, 0.15) is 12.8 Å². The molecule has 0 saturated carbocycles. The highest BCUT2D eigenvalue weighted by Gasteiger charge is 2.40. The van der Waals surface area contributed by atoms with Crippen LogP contribution in [0.4, 0.5) is 5.69 Å². The normalized spacial score (nSPS) is 21.1. The van der Waals surface area contributed by atoms with E-state index in [1.807, 2.05) is 24.3 Å². The molecule has 0 amide bonds. The van der Waals surface area contributed by atoms with E-state index in [0.29, 0.717) is 13.2 Å². The fraction of sp³-hybridized carbons (Fsp3) is 0.500. The van der Waals surface area contributed by atoms with Gasteiger partial charge in [0.2, 0.25) is 0 Å². The molecule has 1 spiro atoms. The number of nitrogens with zero attached hydrogens (tertiary/aromatic N) is 1. The van der Waals surface area contributed by atoms with Gasteiger partial charge in [-0.15, -0.1) is 0 Å². The van der Waals surface area contributed by atoms with Crippen molar-refractivity contribution in [1.29, 1.82) is 0 Å². The summed E-state index contributed by atoms with van der Waals surface area (Å²) in [5.74, 6) is -0.348. The highest BCUT2D eigenvalue weighted by atomic mass is 79.9. The van der Waals surface area contributed by atoms with E-state index in [9.17, 15) is 0 Å². The fourth-order valence-corrected chi connectivity index (χ4v) is 3.27. The Morgan fingerprint density at radius 2 is 1.85 bits per heavy atom. The molecule has 3 rings (SSSR count). The topological polar surface area (TPSA) is 33.7 Å². The van der Waals surface area contributed by atoms with Gasteiger partial charge in [0.25, 0.3) is 0 Å². The number of hydrogen-bond acceptors (Lipinski definition) is 3. The molecule has 6 heteroatoms. The Labute approximate surface area is 132 Å². The molecule has 0 bridgehead atoms. The van der Waals surface area contributed by atoms with Crippen molar-refractivity contribution >= 4 is 38.9 Å². The average Bonchev–Trinajstić information content (AvgIpc) is 2.90. The number of nitrogens with one attached hydrogen (secondary N) is 1. The molecule has 4 nitrogen and oxygen atoms in total. The van der Waals surface area contributed by atoms with Gasteiger partial charge in [-0.25, -0.2) is 0 Å². The standard InChI is InChI=1S/C14H17BrN2O2S/c15-11-3-1-2-4-12(11)16-13(20)17-7-5-14(6-8-17)18-9-10-19-14/h1-4H,5-10H2,(H,16,20). The van der Waals surface area contributed by atoms with Crippen LogP contribution in [-0.2, 0) is 9.47 Å². The summed E-state index contributed by atoms with van der Waals surface area (Å²) in [6, 6.07) is 7.97. The van der Waals surface area contributed by atoms with Crippen LogP contribution in [0.25, 0.3) is 0 Å². The Bertz CT molecular complexity index is 496. The molecule has 1 aromatic carbocycles. The van der Waals surface area contributed by atoms with Gasteiger partial charge in [-0.05, 0) is 40.3 Å². The van der Waals surface area contributed by atoms with Crippen LogP contribution in [0.2, 0.25) is 0 Å². The first-order valence-electron chi connectivity index (χ1n) is 6.77. The maximum atomic E-state index is 5.73. The highest BCUT2D eigenvalue weighted by Crippen LogP contribution is 2.31. The molecule has 2 heterocycles. The van der Waals surface area contributed by atoms with Crippen molar-refractivity contribution in [1.82, 2.24) is 4.90 Å². The SMILES string of the molecule is S=C(Nc1ccccc1Br)N1CCC2(CC1)OCCO2. The van der Waals surface area contributed by atoms with Crippen LogP contribution >= 0.6 is 28.1 Å². The molecular weight excluding hydrogens is 340 g/mol. The van der Waals surface area contributed by atoms with E-state index < -0.39 is 0 Å². The first kappa shape index (κ1) is 14.3. The van der Waals surface area contributed by atoms with Crippen molar-refractivity contribution in [3.63, 3.8) is 0 Å². The number of rotatable bonds is 1. The minimum atomic E-state index is -0.348. The maximum Gasteiger partial charge on any atom is 0.173 e. The Morgan fingerprint density at radius 1 is 1.20 bits per heavy atom. The molecule has 0 unspecified atom stereocenters. The van der Waals surface area contributed by atoms with Crippen molar-refractivity contribution in [3.05, 3.63) is 28.7 Å². The van der Waals surface area contributed by atoms with Crippen LogP contribution in [0.5, 0.6) is 0 Å². The van der Waals surface area contributed by atoms with Crippen molar-refractivity contribution in [2.24, 2.45) is 0 Å². The van der Waals surface area contributed by atoms with Gasteiger partial charge in [-0.1, -0.05) is 12.1 Å². The lowest BCUT2D eigenvalue weighted by Gasteiger charge is -2.38. The Hall–Kier alpha value is -0.690. The van der Waals surface area contributed by atoms with Gasteiger partial charge in [0, 0.05) is 30.4 Å². The van der Waals surface area contributed by atoms with Crippen LogP contribution in [0.15, 0.2) is 28.7 Å². The van der Waals surface area contributed by atoms with Crippen LogP contribution < -0.4 is 5.32 Å². The molecule has 0 aromatic heterocycles. The molecule has 0 radical (unpaired) electrons. The van der Waals surface area contributed by atoms with Crippen LogP contribution in [0.3, 0.4) is 0 Å². The van der Waals surface area contributed by atoms with Gasteiger partial charge in [-0.3, -0.25) is 0 Å². The van der Waals surface area contributed by atoms with Gasteiger partial charge in [0.15, 0.2) is 10.9 Å². The predicted molar refractivity (Wildman–Crippen MR) is 85.8 cm³/mol. The summed E-state index contributed by atoms with van der Waals surface area (Å²) in [5, 5.41) is 4.04. The predicted octanol–water partition coefficient (Wildman–Crippen LogP) is 2.98. The molecule has 2 saturated heterocycles. The summed E-state index contributed by atoms with van der Waals surface area (Å²) < 4.78 is 12.5. The zero-order valence-corrected chi connectivity index (χ0v) is 13.5. The third-order valence-electron chi connectivity index (χ3n) is 3.74. The summed E-state index contributed by atoms with van der Waals surface area (Å²) >= 11 is 9.01. The highest BCUT2D eigenvalue weighted by molar-refractivity contribution is 9.10. The van der Waals surface area contributed by atoms with Crippen molar-refractivity contribution in [2.75, 3.05) is 31.6 Å². The van der Waals surface area contributed by atoms with E-state index in [-0.39, 0.29) is 5.79 Å². The second-order valence-corrected chi connectivity index (χ2v) is 6.25. The van der Waals surface area contributed by atoms with Crippen LogP contribution in [0, 0.1) is 0 Å². The number of para-hydroxylation sites is 1. The van der Waals surface area contributed by atoms with Gasteiger partial charge < -0.3 is 19.7 Å². The lowest BCUT2D eigenvalue weighted by Crippen LogP contribution is -2.48. The second-order valence-electron chi connectivity index (χ2n) is 5.00. The number of hydrogen-bond donors (Lipinski definition) is 1. The smallest absolute Gasteiger partial charge is 0.173 e. The molecule has 0 aliphatic carbocycles. The molecule has 2 fully saturated rings. The molecule has 2 aliphatic heterocycles. The molecule has 2 aliphatic rings. The number of thiocarbonyl (C=S) groups is 1. The summed E-state index contributed by atoms with van der Waals surface area (Å²) in [6.07, 6.45) is 1.73. The fourth-order valence-electron chi connectivity index (χ4n) is 2.59. The minimum Gasteiger partial charge on any atom is -0.349 e. The number of likely N-dealkylation sites (tertiary alicyclic amines) is 1. The number of benzene rings is 1. The zero-order chi connectivity index (χ0) is 14.0. The maximum absolute atomic E-state index is 5.73. The molecule has 20 heavy (non-hydrogen) atoms. The van der Waals surface area contributed by atoms with Gasteiger partial charge in [0.1, 0.15) is 0 Å². The zero-order valence-electron chi connectivity index (χ0n) is 11.1. The van der Waals surface area contributed by atoms with E-state index in [2.05, 4.69) is 26.1 Å². The summed E-state index contributed by atoms with van der Waals surface area (Å²) in [5.41, 5.74) is 0.992. The first-order valence-corrected chi connectivity index (χ1v) is 7.97. The molecular formula is C14H17BrN2O2S. The Balaban J connectivity index is 1.58. The van der Waals surface area contributed by atoms with E-state index in [1.165, 1.54) is 0 Å². The monoisotopic (exact) mass is 356 g/mol. The lowest BCUT2D eigenvalue weighted by molar-refractivity contribution is -0.180. The van der Waals surface area contributed by atoms with Gasteiger partial charge >= 0.3 is 0 Å². The lowest BCUT2D eigenvalue weighted by atomic mass is 10.0. The third-order valence-corrected chi connectivity index (χ3v) is 4.79. The van der Waals surface area contributed by atoms with Gasteiger partial charge in [0.05, 0.1) is 18.9 Å². The van der Waals surface area contributed by atoms with E-state index >= 15 is 0 Å².